The highest BCUT2D eigenvalue weighted by atomic mass is 15.3. The molecule has 1 heterocycles. The van der Waals surface area contributed by atoms with Gasteiger partial charge in [0.05, 0.1) is 5.69 Å². The van der Waals surface area contributed by atoms with Gasteiger partial charge in [-0.2, -0.15) is 5.10 Å². The average Bonchev–Trinajstić information content (AvgIpc) is 2.28. The Balaban J connectivity index is 2.73. The number of aromatic nitrogens is 2. The lowest BCUT2D eigenvalue weighted by Crippen LogP contribution is -2.33. The van der Waals surface area contributed by atoms with Gasteiger partial charge in [0.1, 0.15) is 0 Å². The molecule has 0 bridgehead atoms. The fourth-order valence-electron chi connectivity index (χ4n) is 1.47. The molecule has 1 N–H and O–H groups in total. The SMILES string of the molecule is CNCc1ccc(N(C)C(C)C(C)C)nn1. The van der Waals surface area contributed by atoms with Gasteiger partial charge in [0, 0.05) is 19.6 Å². The first-order chi connectivity index (χ1) is 7.56. The molecule has 90 valence electrons. The van der Waals surface area contributed by atoms with Gasteiger partial charge in [0.2, 0.25) is 0 Å². The molecule has 0 radical (unpaired) electrons. The summed E-state index contributed by atoms with van der Waals surface area (Å²) in [7, 11) is 3.97. The number of nitrogens with zero attached hydrogens (tertiary/aromatic N) is 3. The summed E-state index contributed by atoms with van der Waals surface area (Å²) in [6, 6.07) is 4.51. The van der Waals surface area contributed by atoms with E-state index in [9.17, 15) is 0 Å². The topological polar surface area (TPSA) is 41.0 Å². The maximum Gasteiger partial charge on any atom is 0.151 e. The van der Waals surface area contributed by atoms with Crippen LogP contribution in [0.4, 0.5) is 5.82 Å². The second kappa shape index (κ2) is 5.80. The van der Waals surface area contributed by atoms with Crippen LogP contribution in [-0.2, 0) is 6.54 Å². The summed E-state index contributed by atoms with van der Waals surface area (Å²) in [5.74, 6) is 1.53. The Bertz CT molecular complexity index is 307. The van der Waals surface area contributed by atoms with Crippen LogP contribution in [0.1, 0.15) is 26.5 Å². The lowest BCUT2D eigenvalue weighted by Gasteiger charge is -2.28. The van der Waals surface area contributed by atoms with Crippen molar-refractivity contribution in [3.05, 3.63) is 17.8 Å². The summed E-state index contributed by atoms with van der Waals surface area (Å²) in [5, 5.41) is 11.5. The molecule has 0 amide bonds. The van der Waals surface area contributed by atoms with Crippen LogP contribution in [0.2, 0.25) is 0 Å². The smallest absolute Gasteiger partial charge is 0.151 e. The number of anilines is 1. The van der Waals surface area contributed by atoms with E-state index in [1.165, 1.54) is 0 Å². The van der Waals surface area contributed by atoms with E-state index in [4.69, 9.17) is 0 Å². The Morgan fingerprint density at radius 2 is 1.94 bits per heavy atom. The second-order valence-corrected chi connectivity index (χ2v) is 4.51. The fraction of sp³-hybridized carbons (Fsp3) is 0.667. The highest BCUT2D eigenvalue weighted by Gasteiger charge is 2.14. The van der Waals surface area contributed by atoms with Crippen LogP contribution in [-0.4, -0.2) is 30.3 Å². The van der Waals surface area contributed by atoms with Gasteiger partial charge >= 0.3 is 0 Å². The minimum Gasteiger partial charge on any atom is -0.355 e. The molecular formula is C12H22N4. The molecule has 1 unspecified atom stereocenters. The van der Waals surface area contributed by atoms with Gasteiger partial charge in [-0.15, -0.1) is 5.10 Å². The summed E-state index contributed by atoms with van der Waals surface area (Å²) < 4.78 is 0. The van der Waals surface area contributed by atoms with Crippen molar-refractivity contribution >= 4 is 5.82 Å². The average molecular weight is 222 g/mol. The maximum atomic E-state index is 4.24. The van der Waals surface area contributed by atoms with Crippen molar-refractivity contribution in [2.45, 2.75) is 33.4 Å². The van der Waals surface area contributed by atoms with Crippen molar-refractivity contribution < 1.29 is 0 Å². The highest BCUT2D eigenvalue weighted by molar-refractivity contribution is 5.37. The first-order valence-electron chi connectivity index (χ1n) is 5.76. The van der Waals surface area contributed by atoms with Crippen molar-refractivity contribution in [2.75, 3.05) is 19.0 Å². The minimum absolute atomic E-state index is 0.462. The van der Waals surface area contributed by atoms with E-state index in [1.807, 2.05) is 19.2 Å². The molecule has 1 aromatic heterocycles. The Morgan fingerprint density at radius 1 is 1.25 bits per heavy atom. The third kappa shape index (κ3) is 3.17. The van der Waals surface area contributed by atoms with Crippen LogP contribution in [0.15, 0.2) is 12.1 Å². The van der Waals surface area contributed by atoms with Gasteiger partial charge in [-0.3, -0.25) is 0 Å². The molecule has 0 aromatic carbocycles. The highest BCUT2D eigenvalue weighted by Crippen LogP contribution is 2.15. The van der Waals surface area contributed by atoms with Crippen LogP contribution < -0.4 is 10.2 Å². The van der Waals surface area contributed by atoms with Gasteiger partial charge in [-0.25, -0.2) is 0 Å². The maximum absolute atomic E-state index is 4.24. The molecular weight excluding hydrogens is 200 g/mol. The number of nitrogens with one attached hydrogen (secondary N) is 1. The molecule has 0 saturated carbocycles. The van der Waals surface area contributed by atoms with Gasteiger partial charge in [0.15, 0.2) is 5.82 Å². The largest absolute Gasteiger partial charge is 0.355 e. The van der Waals surface area contributed by atoms with E-state index in [1.54, 1.807) is 0 Å². The molecule has 0 saturated heterocycles. The number of hydrogen-bond acceptors (Lipinski definition) is 4. The molecule has 0 aliphatic heterocycles. The van der Waals surface area contributed by atoms with Crippen LogP contribution in [0.3, 0.4) is 0 Å². The zero-order chi connectivity index (χ0) is 12.1. The number of hydrogen-bond donors (Lipinski definition) is 1. The first-order valence-corrected chi connectivity index (χ1v) is 5.76. The van der Waals surface area contributed by atoms with Crippen LogP contribution in [0.25, 0.3) is 0 Å². The van der Waals surface area contributed by atoms with E-state index in [-0.39, 0.29) is 0 Å². The first kappa shape index (κ1) is 12.9. The molecule has 0 aliphatic rings. The second-order valence-electron chi connectivity index (χ2n) is 4.51. The molecule has 4 nitrogen and oxygen atoms in total. The molecule has 0 aliphatic carbocycles. The molecule has 0 fully saturated rings. The minimum atomic E-state index is 0.462. The summed E-state index contributed by atoms with van der Waals surface area (Å²) in [6.45, 7) is 7.39. The van der Waals surface area contributed by atoms with Crippen LogP contribution >= 0.6 is 0 Å². The third-order valence-corrected chi connectivity index (χ3v) is 3.00. The third-order valence-electron chi connectivity index (χ3n) is 3.00. The molecule has 1 rings (SSSR count). The fourth-order valence-corrected chi connectivity index (χ4v) is 1.47. The zero-order valence-electron chi connectivity index (χ0n) is 10.9. The van der Waals surface area contributed by atoms with Gasteiger partial charge in [0.25, 0.3) is 0 Å². The van der Waals surface area contributed by atoms with Crippen molar-refractivity contribution in [3.8, 4) is 0 Å². The van der Waals surface area contributed by atoms with Gasteiger partial charge in [-0.1, -0.05) is 13.8 Å². The Kier molecular flexibility index (Phi) is 4.68. The van der Waals surface area contributed by atoms with E-state index >= 15 is 0 Å². The summed E-state index contributed by atoms with van der Waals surface area (Å²) >= 11 is 0. The summed E-state index contributed by atoms with van der Waals surface area (Å²) in [4.78, 5) is 2.17. The van der Waals surface area contributed by atoms with Crippen molar-refractivity contribution in [1.82, 2.24) is 15.5 Å². The molecule has 1 aromatic rings. The molecule has 1 atom stereocenters. The predicted octanol–water partition coefficient (Wildman–Crippen LogP) is 1.68. The standard InChI is InChI=1S/C12H22N4/c1-9(2)10(3)16(5)12-7-6-11(8-13-4)14-15-12/h6-7,9-10,13H,8H2,1-5H3. The lowest BCUT2D eigenvalue weighted by atomic mass is 10.1. The van der Waals surface area contributed by atoms with E-state index in [0.29, 0.717) is 12.0 Å². The van der Waals surface area contributed by atoms with E-state index < -0.39 is 0 Å². The molecule has 4 heteroatoms. The normalized spacial score (nSPS) is 12.9. The summed E-state index contributed by atoms with van der Waals surface area (Å²) in [5.41, 5.74) is 0.969. The predicted molar refractivity (Wildman–Crippen MR) is 67.5 cm³/mol. The molecule has 0 spiro atoms. The van der Waals surface area contributed by atoms with Crippen molar-refractivity contribution in [3.63, 3.8) is 0 Å². The Labute approximate surface area is 98.1 Å². The monoisotopic (exact) mass is 222 g/mol. The summed E-state index contributed by atoms with van der Waals surface area (Å²) in [6.07, 6.45) is 0. The van der Waals surface area contributed by atoms with E-state index in [2.05, 4.69) is 48.2 Å². The Morgan fingerprint density at radius 3 is 2.38 bits per heavy atom. The van der Waals surface area contributed by atoms with Crippen molar-refractivity contribution in [2.24, 2.45) is 5.92 Å². The number of rotatable bonds is 5. The molecule has 16 heavy (non-hydrogen) atoms. The quantitative estimate of drug-likeness (QED) is 0.823. The zero-order valence-corrected chi connectivity index (χ0v) is 10.9. The van der Waals surface area contributed by atoms with Crippen LogP contribution in [0, 0.1) is 5.92 Å². The lowest BCUT2D eigenvalue weighted by molar-refractivity contribution is 0.501. The van der Waals surface area contributed by atoms with Gasteiger partial charge in [-0.05, 0) is 32.0 Å². The van der Waals surface area contributed by atoms with E-state index in [0.717, 1.165) is 18.1 Å². The van der Waals surface area contributed by atoms with Gasteiger partial charge < -0.3 is 10.2 Å². The Hall–Kier alpha value is -1.16. The van der Waals surface area contributed by atoms with Crippen LogP contribution in [0.5, 0.6) is 0 Å². The van der Waals surface area contributed by atoms with Crippen molar-refractivity contribution in [1.29, 1.82) is 0 Å².